The second kappa shape index (κ2) is 20.9. The zero-order chi connectivity index (χ0) is 38.2. The molecule has 0 aliphatic carbocycles. The molecule has 0 unspecified atom stereocenters. The van der Waals surface area contributed by atoms with E-state index in [4.69, 9.17) is 37.9 Å². The summed E-state index contributed by atoms with van der Waals surface area (Å²) >= 11 is 1.72. The van der Waals surface area contributed by atoms with Gasteiger partial charge in [-0.05, 0) is 46.0 Å². The van der Waals surface area contributed by atoms with Crippen molar-refractivity contribution in [3.8, 4) is 17.2 Å². The van der Waals surface area contributed by atoms with Crippen molar-refractivity contribution in [3.05, 3.63) is 167 Å². The lowest BCUT2D eigenvalue weighted by Crippen LogP contribution is -2.62. The normalized spacial score (nSPS) is 19.6. The number of allylic oxidation sites excluding steroid dienone is 1. The largest absolute Gasteiger partial charge is 0.493 e. The molecule has 0 radical (unpaired) electrons. The lowest BCUT2D eigenvalue weighted by molar-refractivity contribution is -0.310. The van der Waals surface area contributed by atoms with Crippen LogP contribution in [0.3, 0.4) is 0 Å². The van der Waals surface area contributed by atoms with Gasteiger partial charge in [0.05, 0.1) is 47.3 Å². The fourth-order valence-electron chi connectivity index (χ4n) is 6.23. The van der Waals surface area contributed by atoms with E-state index in [-0.39, 0.29) is 23.6 Å². The van der Waals surface area contributed by atoms with Crippen LogP contribution in [-0.4, -0.2) is 55.3 Å². The lowest BCUT2D eigenvalue weighted by Gasteiger charge is -2.45. The topological polar surface area (TPSA) is 90.9 Å². The van der Waals surface area contributed by atoms with E-state index in [1.807, 2.05) is 121 Å². The SMILES string of the molecule is COc1cc(C=CC(=O)I)cc(OC)c1O[C@@H]1O[C@H](COCc2ccccc2)[C@H](OCc2ccccc2)[C@H](OCc2ccccc2)[C@H]1OCc1ccccc1. The summed E-state index contributed by atoms with van der Waals surface area (Å²) < 4.78 is 51.9. The molecule has 0 N–H and O–H groups in total. The van der Waals surface area contributed by atoms with Crippen LogP contribution in [0, 0.1) is 0 Å². The first-order chi connectivity index (χ1) is 27.0. The number of carbonyl (C=O) groups excluding carboxylic acids is 1. The summed E-state index contributed by atoms with van der Waals surface area (Å²) in [6.45, 7) is 1.39. The van der Waals surface area contributed by atoms with Crippen molar-refractivity contribution in [2.75, 3.05) is 20.8 Å². The molecule has 9 nitrogen and oxygen atoms in total. The van der Waals surface area contributed by atoms with Crippen molar-refractivity contribution in [2.45, 2.75) is 57.1 Å². The van der Waals surface area contributed by atoms with Crippen LogP contribution in [0.25, 0.3) is 6.08 Å². The highest BCUT2D eigenvalue weighted by Gasteiger charge is 2.50. The molecular weight excluding hydrogens is 811 g/mol. The van der Waals surface area contributed by atoms with E-state index >= 15 is 0 Å². The Morgan fingerprint density at radius 1 is 0.618 bits per heavy atom. The molecule has 0 spiro atoms. The minimum atomic E-state index is -1.04. The van der Waals surface area contributed by atoms with E-state index in [0.29, 0.717) is 36.0 Å². The Kier molecular flexibility index (Phi) is 15.3. The summed E-state index contributed by atoms with van der Waals surface area (Å²) in [7, 11) is 3.09. The molecule has 0 amide bonds. The first kappa shape index (κ1) is 40.1. The number of halogens is 1. The van der Waals surface area contributed by atoms with E-state index in [1.54, 1.807) is 55.0 Å². The summed E-state index contributed by atoms with van der Waals surface area (Å²) in [6, 6.07) is 43.4. The number of hydrogen-bond acceptors (Lipinski definition) is 9. The maximum atomic E-state index is 11.7. The Morgan fingerprint density at radius 3 is 1.51 bits per heavy atom. The van der Waals surface area contributed by atoms with E-state index in [9.17, 15) is 4.79 Å². The highest BCUT2D eigenvalue weighted by atomic mass is 127. The first-order valence-corrected chi connectivity index (χ1v) is 19.1. The van der Waals surface area contributed by atoms with Gasteiger partial charge in [0, 0.05) is 22.6 Å². The number of rotatable bonds is 19. The molecule has 55 heavy (non-hydrogen) atoms. The monoisotopic (exact) mass is 856 g/mol. The van der Waals surface area contributed by atoms with Crippen LogP contribution in [0.2, 0.25) is 0 Å². The predicted octanol–water partition coefficient (Wildman–Crippen LogP) is 8.76. The van der Waals surface area contributed by atoms with Crippen molar-refractivity contribution in [3.63, 3.8) is 0 Å². The van der Waals surface area contributed by atoms with E-state index in [2.05, 4.69) is 0 Å². The Bertz CT molecular complexity index is 1900. The quantitative estimate of drug-likeness (QED) is 0.0460. The fraction of sp³-hybridized carbons (Fsp3) is 0.267. The Hall–Kier alpha value is -4.56. The maximum Gasteiger partial charge on any atom is 0.229 e. The molecule has 5 aromatic rings. The van der Waals surface area contributed by atoms with Crippen LogP contribution < -0.4 is 14.2 Å². The smallest absolute Gasteiger partial charge is 0.229 e. The average Bonchev–Trinajstić information content (AvgIpc) is 3.23. The van der Waals surface area contributed by atoms with Gasteiger partial charge in [-0.3, -0.25) is 4.79 Å². The molecular formula is C45H45IO9. The van der Waals surface area contributed by atoms with Crippen molar-refractivity contribution < 1.29 is 42.7 Å². The maximum absolute atomic E-state index is 11.7. The third-order valence-electron chi connectivity index (χ3n) is 8.96. The second-order valence-corrected chi connectivity index (χ2v) is 13.9. The number of ether oxygens (including phenoxy) is 8. The summed E-state index contributed by atoms with van der Waals surface area (Å²) in [5.41, 5.74) is 4.68. The van der Waals surface area contributed by atoms with E-state index in [1.165, 1.54) is 6.08 Å². The van der Waals surface area contributed by atoms with Gasteiger partial charge in [-0.1, -0.05) is 127 Å². The van der Waals surface area contributed by atoms with Gasteiger partial charge >= 0.3 is 0 Å². The number of hydrogen-bond donors (Lipinski definition) is 0. The van der Waals surface area contributed by atoms with Crippen LogP contribution in [-0.2, 0) is 54.9 Å². The third kappa shape index (κ3) is 11.7. The van der Waals surface area contributed by atoms with Crippen LogP contribution in [0.5, 0.6) is 17.2 Å². The minimum absolute atomic E-state index is 0.115. The first-order valence-electron chi connectivity index (χ1n) is 18.0. The number of benzene rings is 5. The molecule has 0 saturated carbocycles. The zero-order valence-electron chi connectivity index (χ0n) is 30.8. The van der Waals surface area contributed by atoms with Crippen LogP contribution in [0.15, 0.2) is 140 Å². The predicted molar refractivity (Wildman–Crippen MR) is 218 cm³/mol. The molecule has 6 rings (SSSR count). The summed E-state index contributed by atoms with van der Waals surface area (Å²) in [6.07, 6.45) is -0.657. The standard InChI is InChI=1S/C45H45IO9/c1-48-37-25-36(23-24-40(46)47)26-38(49-2)41(37)55-45-44(53-30-35-21-13-6-14-22-35)43(52-29-34-19-11-5-12-20-34)42(51-28-33-17-9-4-10-18-33)39(54-45)31-50-27-32-15-7-3-8-16-32/h3-26,39,42-45H,27-31H2,1-2H3/t39-,42+,43+,44-,45+/m1/s1. The molecule has 0 aromatic heterocycles. The van der Waals surface area contributed by atoms with Crippen LogP contribution in [0.1, 0.15) is 27.8 Å². The van der Waals surface area contributed by atoms with Gasteiger partial charge in [0.2, 0.25) is 15.8 Å². The van der Waals surface area contributed by atoms with Crippen LogP contribution >= 0.6 is 22.6 Å². The summed E-state index contributed by atoms with van der Waals surface area (Å²) in [4.78, 5) is 11.7. The molecule has 5 atom stereocenters. The zero-order valence-corrected chi connectivity index (χ0v) is 33.0. The molecule has 0 bridgehead atoms. The van der Waals surface area contributed by atoms with Gasteiger partial charge in [0.15, 0.2) is 11.5 Å². The van der Waals surface area contributed by atoms with Gasteiger partial charge < -0.3 is 37.9 Å². The van der Waals surface area contributed by atoms with Crippen molar-refractivity contribution in [2.24, 2.45) is 0 Å². The van der Waals surface area contributed by atoms with Gasteiger partial charge in [-0.15, -0.1) is 0 Å². The highest BCUT2D eigenvalue weighted by molar-refractivity contribution is 14.1. The minimum Gasteiger partial charge on any atom is -0.493 e. The van der Waals surface area contributed by atoms with Crippen molar-refractivity contribution >= 4 is 32.5 Å². The average molecular weight is 857 g/mol. The van der Waals surface area contributed by atoms with Crippen molar-refractivity contribution in [1.82, 2.24) is 0 Å². The molecule has 5 aromatic carbocycles. The fourth-order valence-corrected chi connectivity index (χ4v) is 6.41. The van der Waals surface area contributed by atoms with Gasteiger partial charge in [0.25, 0.3) is 0 Å². The third-order valence-corrected chi connectivity index (χ3v) is 9.32. The lowest BCUT2D eigenvalue weighted by atomic mass is 9.97. The van der Waals surface area contributed by atoms with E-state index in [0.717, 1.165) is 22.3 Å². The Balaban J connectivity index is 1.39. The summed E-state index contributed by atoms with van der Waals surface area (Å²) in [5, 5.41) is 0. The summed E-state index contributed by atoms with van der Waals surface area (Å²) in [5.74, 6) is 1.06. The van der Waals surface area contributed by atoms with Crippen LogP contribution in [0.4, 0.5) is 0 Å². The molecule has 1 saturated heterocycles. The van der Waals surface area contributed by atoms with Gasteiger partial charge in [-0.25, -0.2) is 0 Å². The molecule has 1 fully saturated rings. The molecule has 1 heterocycles. The molecule has 1 aliphatic rings. The molecule has 10 heteroatoms. The number of carbonyl (C=O) groups is 1. The van der Waals surface area contributed by atoms with Gasteiger partial charge in [0.1, 0.15) is 24.4 Å². The van der Waals surface area contributed by atoms with Crippen molar-refractivity contribution in [1.29, 1.82) is 0 Å². The molecule has 286 valence electrons. The number of methoxy groups -OCH3 is 2. The van der Waals surface area contributed by atoms with Gasteiger partial charge in [-0.2, -0.15) is 0 Å². The highest BCUT2D eigenvalue weighted by Crippen LogP contribution is 2.42. The Morgan fingerprint density at radius 2 is 1.05 bits per heavy atom. The molecule has 1 aliphatic heterocycles. The second-order valence-electron chi connectivity index (χ2n) is 12.8. The van der Waals surface area contributed by atoms with E-state index < -0.39 is 30.7 Å². The Labute approximate surface area is 336 Å².